The van der Waals surface area contributed by atoms with Crippen LogP contribution in [0.15, 0.2) is 72.6 Å². The van der Waals surface area contributed by atoms with Crippen LogP contribution >= 0.6 is 11.3 Å². The van der Waals surface area contributed by atoms with Gasteiger partial charge in [-0.1, -0.05) is 29.5 Å². The standard InChI is InChI=1S/C25H18FN3O4S/c1-2-33-15-7-8-18-19(13-15)34-25(28-18)29-21(16-5-3-4-6-17(16)26)20(23(31)24(29)32)22(30)14-9-11-27-12-10-14/h3-13,21,30H,2H2,1H3/b22-20+. The van der Waals surface area contributed by atoms with E-state index >= 15 is 0 Å². The van der Waals surface area contributed by atoms with Crippen molar-refractivity contribution in [3.63, 3.8) is 0 Å². The summed E-state index contributed by atoms with van der Waals surface area (Å²) in [5, 5.41) is 11.2. The van der Waals surface area contributed by atoms with E-state index in [0.717, 1.165) is 9.60 Å². The summed E-state index contributed by atoms with van der Waals surface area (Å²) in [6.45, 7) is 2.37. The SMILES string of the molecule is CCOc1ccc2nc(N3C(=O)C(=O)/C(=C(/O)c4ccncc4)C3c3ccccc3F)sc2c1. The zero-order valence-electron chi connectivity index (χ0n) is 17.9. The maximum absolute atomic E-state index is 15.0. The van der Waals surface area contributed by atoms with Crippen molar-refractivity contribution in [2.75, 3.05) is 11.5 Å². The molecule has 4 aromatic rings. The van der Waals surface area contributed by atoms with Crippen LogP contribution in [0.4, 0.5) is 9.52 Å². The topological polar surface area (TPSA) is 92.6 Å². The summed E-state index contributed by atoms with van der Waals surface area (Å²) in [4.78, 5) is 36.0. The minimum absolute atomic E-state index is 0.0755. The molecule has 1 amide bonds. The van der Waals surface area contributed by atoms with Gasteiger partial charge in [-0.05, 0) is 43.3 Å². The lowest BCUT2D eigenvalue weighted by atomic mass is 9.95. The number of nitrogens with zero attached hydrogens (tertiary/aromatic N) is 3. The average molecular weight is 476 g/mol. The molecule has 5 rings (SSSR count). The van der Waals surface area contributed by atoms with Crippen LogP contribution in [0.3, 0.4) is 0 Å². The number of carbonyl (C=O) groups excluding carboxylic acids is 2. The first kappa shape index (κ1) is 21.7. The van der Waals surface area contributed by atoms with Gasteiger partial charge >= 0.3 is 5.91 Å². The van der Waals surface area contributed by atoms with E-state index in [1.165, 1.54) is 54.1 Å². The number of rotatable bonds is 5. The molecule has 1 saturated heterocycles. The van der Waals surface area contributed by atoms with Crippen LogP contribution in [0, 0.1) is 5.82 Å². The van der Waals surface area contributed by atoms with Crippen molar-refractivity contribution in [1.82, 2.24) is 9.97 Å². The number of Topliss-reactive ketones (excluding diaryl/α,β-unsaturated/α-hetero) is 1. The smallest absolute Gasteiger partial charge is 0.301 e. The number of aliphatic hydroxyl groups is 1. The second kappa shape index (κ2) is 8.68. The fraction of sp³-hybridized carbons (Fsp3) is 0.120. The van der Waals surface area contributed by atoms with Crippen molar-refractivity contribution in [2.45, 2.75) is 13.0 Å². The first-order valence-corrected chi connectivity index (χ1v) is 11.3. The Hall–Kier alpha value is -4.11. The highest BCUT2D eigenvalue weighted by molar-refractivity contribution is 7.22. The van der Waals surface area contributed by atoms with Gasteiger partial charge in [0.2, 0.25) is 0 Å². The molecule has 0 spiro atoms. The fourth-order valence-electron chi connectivity index (χ4n) is 3.94. The number of hydrogen-bond donors (Lipinski definition) is 1. The number of aromatic nitrogens is 2. The largest absolute Gasteiger partial charge is 0.507 e. The molecule has 3 heterocycles. The summed E-state index contributed by atoms with van der Waals surface area (Å²) in [7, 11) is 0. The summed E-state index contributed by atoms with van der Waals surface area (Å²) in [6, 6.07) is 13.0. The minimum Gasteiger partial charge on any atom is -0.507 e. The zero-order valence-corrected chi connectivity index (χ0v) is 18.8. The Kier molecular flexibility index (Phi) is 5.54. The Morgan fingerprint density at radius 1 is 1.15 bits per heavy atom. The number of amides is 1. The van der Waals surface area contributed by atoms with E-state index in [-0.39, 0.29) is 16.3 Å². The molecule has 0 saturated carbocycles. The summed E-state index contributed by atoms with van der Waals surface area (Å²) >= 11 is 1.18. The van der Waals surface area contributed by atoms with Gasteiger partial charge in [0.05, 0.1) is 22.4 Å². The summed E-state index contributed by atoms with van der Waals surface area (Å²) in [5.41, 5.74) is 0.758. The van der Waals surface area contributed by atoms with E-state index in [9.17, 15) is 19.1 Å². The molecule has 9 heteroatoms. The van der Waals surface area contributed by atoms with Gasteiger partial charge in [0.1, 0.15) is 23.4 Å². The maximum Gasteiger partial charge on any atom is 0.301 e. The molecule has 1 fully saturated rings. The Labute approximate surface area is 197 Å². The summed E-state index contributed by atoms with van der Waals surface area (Å²) in [5.74, 6) is -2.18. The average Bonchev–Trinajstić information content (AvgIpc) is 3.37. The maximum atomic E-state index is 15.0. The normalized spacial score (nSPS) is 17.5. The van der Waals surface area contributed by atoms with E-state index in [0.29, 0.717) is 23.4 Å². The Morgan fingerprint density at radius 2 is 1.91 bits per heavy atom. The van der Waals surface area contributed by atoms with E-state index in [1.54, 1.807) is 24.3 Å². The van der Waals surface area contributed by atoms with Crippen molar-refractivity contribution in [2.24, 2.45) is 0 Å². The molecule has 0 bridgehead atoms. The predicted octanol–water partition coefficient (Wildman–Crippen LogP) is 4.86. The molecule has 1 aliphatic rings. The first-order chi connectivity index (χ1) is 16.5. The minimum atomic E-state index is -1.19. The molecule has 34 heavy (non-hydrogen) atoms. The third-order valence-corrected chi connectivity index (χ3v) is 6.48. The number of halogens is 1. The van der Waals surface area contributed by atoms with E-state index in [4.69, 9.17) is 4.74 Å². The van der Waals surface area contributed by atoms with Gasteiger partial charge in [0.15, 0.2) is 5.13 Å². The number of carbonyl (C=O) groups is 2. The molecule has 1 aliphatic heterocycles. The number of aliphatic hydroxyl groups excluding tert-OH is 1. The van der Waals surface area contributed by atoms with Gasteiger partial charge < -0.3 is 9.84 Å². The van der Waals surface area contributed by atoms with Crippen molar-refractivity contribution in [3.8, 4) is 5.75 Å². The van der Waals surface area contributed by atoms with E-state index < -0.39 is 29.3 Å². The van der Waals surface area contributed by atoms with Crippen LogP contribution in [-0.4, -0.2) is 33.4 Å². The van der Waals surface area contributed by atoms with Crippen LogP contribution in [0.2, 0.25) is 0 Å². The highest BCUT2D eigenvalue weighted by atomic mass is 32.1. The highest BCUT2D eigenvalue weighted by Crippen LogP contribution is 2.45. The van der Waals surface area contributed by atoms with Crippen molar-refractivity contribution in [3.05, 3.63) is 89.5 Å². The number of ether oxygens (including phenoxy) is 1. The number of ketones is 1. The number of benzene rings is 2. The molecule has 170 valence electrons. The van der Waals surface area contributed by atoms with Crippen molar-refractivity contribution < 1.29 is 23.8 Å². The monoisotopic (exact) mass is 475 g/mol. The summed E-state index contributed by atoms with van der Waals surface area (Å²) < 4.78 is 21.2. The molecule has 2 aromatic carbocycles. The van der Waals surface area contributed by atoms with Gasteiger partial charge in [-0.3, -0.25) is 19.5 Å². The quantitative estimate of drug-likeness (QED) is 0.252. The number of thiazole rings is 1. The molecule has 2 aromatic heterocycles. The van der Waals surface area contributed by atoms with Crippen LogP contribution in [-0.2, 0) is 9.59 Å². The molecular weight excluding hydrogens is 457 g/mol. The van der Waals surface area contributed by atoms with Crippen LogP contribution in [0.1, 0.15) is 24.1 Å². The van der Waals surface area contributed by atoms with Crippen molar-refractivity contribution >= 4 is 44.1 Å². The number of fused-ring (bicyclic) bond motifs is 1. The zero-order chi connectivity index (χ0) is 23.8. The number of anilines is 1. The molecule has 1 unspecified atom stereocenters. The predicted molar refractivity (Wildman–Crippen MR) is 126 cm³/mol. The Balaban J connectivity index is 1.71. The lowest BCUT2D eigenvalue weighted by molar-refractivity contribution is -0.132. The molecular formula is C25H18FN3O4S. The molecule has 1 atom stereocenters. The molecule has 0 aliphatic carbocycles. The van der Waals surface area contributed by atoms with Gasteiger partial charge in [0.25, 0.3) is 5.78 Å². The van der Waals surface area contributed by atoms with Gasteiger partial charge in [0, 0.05) is 23.5 Å². The van der Waals surface area contributed by atoms with Gasteiger partial charge in [-0.15, -0.1) is 0 Å². The van der Waals surface area contributed by atoms with Crippen LogP contribution < -0.4 is 9.64 Å². The van der Waals surface area contributed by atoms with Crippen LogP contribution in [0.25, 0.3) is 16.0 Å². The molecule has 7 nitrogen and oxygen atoms in total. The lowest BCUT2D eigenvalue weighted by Gasteiger charge is -2.23. The highest BCUT2D eigenvalue weighted by Gasteiger charge is 2.49. The number of pyridine rings is 1. The second-order valence-electron chi connectivity index (χ2n) is 7.49. The van der Waals surface area contributed by atoms with Gasteiger partial charge in [-0.25, -0.2) is 9.37 Å². The second-order valence-corrected chi connectivity index (χ2v) is 8.49. The molecule has 0 radical (unpaired) electrons. The summed E-state index contributed by atoms with van der Waals surface area (Å²) in [6.07, 6.45) is 2.90. The Morgan fingerprint density at radius 3 is 2.65 bits per heavy atom. The van der Waals surface area contributed by atoms with Crippen molar-refractivity contribution in [1.29, 1.82) is 0 Å². The van der Waals surface area contributed by atoms with Crippen LogP contribution in [0.5, 0.6) is 5.75 Å². The Bertz CT molecular complexity index is 1450. The number of hydrogen-bond acceptors (Lipinski definition) is 7. The van der Waals surface area contributed by atoms with E-state index in [2.05, 4.69) is 9.97 Å². The lowest BCUT2D eigenvalue weighted by Crippen LogP contribution is -2.29. The van der Waals surface area contributed by atoms with E-state index in [1.807, 2.05) is 6.92 Å². The third-order valence-electron chi connectivity index (χ3n) is 5.46. The third kappa shape index (κ3) is 3.60. The van der Waals surface area contributed by atoms with Gasteiger partial charge in [-0.2, -0.15) is 0 Å². The molecule has 1 N–H and O–H groups in total. The first-order valence-electron chi connectivity index (χ1n) is 10.5. The fourth-order valence-corrected chi connectivity index (χ4v) is 4.96.